The van der Waals surface area contributed by atoms with E-state index in [0.717, 1.165) is 34.9 Å². The zero-order chi connectivity index (χ0) is 28.5. The summed E-state index contributed by atoms with van der Waals surface area (Å²) in [7, 11) is 3.76. The van der Waals surface area contributed by atoms with Crippen LogP contribution in [-0.4, -0.2) is 85.0 Å². The smallest absolute Gasteiger partial charge is 0.319 e. The van der Waals surface area contributed by atoms with Crippen LogP contribution in [0.15, 0.2) is 42.6 Å². The van der Waals surface area contributed by atoms with E-state index in [2.05, 4.69) is 31.2 Å². The third-order valence-corrected chi connectivity index (χ3v) is 8.29. The maximum atomic E-state index is 16.5. The molecule has 6 rings (SSSR count). The summed E-state index contributed by atoms with van der Waals surface area (Å²) in [6.45, 7) is 5.10. The quantitative estimate of drug-likeness (QED) is 0.362. The fraction of sp³-hybridized carbons (Fsp3) is 0.419. The van der Waals surface area contributed by atoms with Gasteiger partial charge in [0.2, 0.25) is 0 Å². The van der Waals surface area contributed by atoms with Gasteiger partial charge in [0.05, 0.1) is 24.0 Å². The lowest BCUT2D eigenvalue weighted by Crippen LogP contribution is -2.51. The molecule has 0 radical (unpaired) electrons. The fourth-order valence-electron chi connectivity index (χ4n) is 6.07. The van der Waals surface area contributed by atoms with E-state index in [1.807, 2.05) is 50.4 Å². The van der Waals surface area contributed by atoms with Crippen LogP contribution in [0.2, 0.25) is 0 Å². The zero-order valence-electron chi connectivity index (χ0n) is 23.6. The van der Waals surface area contributed by atoms with Crippen molar-refractivity contribution in [2.24, 2.45) is 0 Å². The van der Waals surface area contributed by atoms with Gasteiger partial charge in [-0.05, 0) is 36.7 Å². The first-order valence-electron chi connectivity index (χ1n) is 14.0. The molecule has 10 heteroatoms. The van der Waals surface area contributed by atoms with Gasteiger partial charge in [0, 0.05) is 57.1 Å². The summed E-state index contributed by atoms with van der Waals surface area (Å²) in [4.78, 5) is 18.3. The number of benzene rings is 2. The number of fused-ring (bicyclic) bond motifs is 2. The molecule has 2 fully saturated rings. The molecule has 0 aliphatic carbocycles. The maximum Gasteiger partial charge on any atom is 0.319 e. The van der Waals surface area contributed by atoms with Gasteiger partial charge in [0.25, 0.3) is 0 Å². The minimum atomic E-state index is -0.507. The largest absolute Gasteiger partial charge is 0.462 e. The van der Waals surface area contributed by atoms with Crippen molar-refractivity contribution in [3.8, 4) is 23.3 Å². The summed E-state index contributed by atoms with van der Waals surface area (Å²) < 4.78 is 28.2. The maximum absolute atomic E-state index is 16.5. The summed E-state index contributed by atoms with van der Waals surface area (Å²) in [6.07, 6.45) is 3.02. The highest BCUT2D eigenvalue weighted by atomic mass is 19.1. The standard InChI is InChI=1S/C31H34FN7O2/c1-19-6-4-7-20-8-5-9-24(26(19)20)28-27(32)29-25(15-35-28)30(39-13-12-34-21(16-39)10-11-33)37-31(36-29)41-18-22-14-23(40-3)17-38(22)2/h4-9,15,21-23,34H,10,12-14,16-18H2,1-3H3/t21-,22-,23+/m0/s1. The summed E-state index contributed by atoms with van der Waals surface area (Å²) in [5, 5.41) is 15.1. The van der Waals surface area contributed by atoms with Crippen molar-refractivity contribution in [2.75, 3.05) is 51.8 Å². The number of methoxy groups -OCH3 is 1. The van der Waals surface area contributed by atoms with Gasteiger partial charge in [-0.2, -0.15) is 15.2 Å². The van der Waals surface area contributed by atoms with E-state index in [-0.39, 0.29) is 35.4 Å². The molecule has 0 bridgehead atoms. The number of aromatic nitrogens is 3. The van der Waals surface area contributed by atoms with Gasteiger partial charge in [-0.15, -0.1) is 0 Å². The number of nitrogens with zero attached hydrogens (tertiary/aromatic N) is 6. The van der Waals surface area contributed by atoms with Gasteiger partial charge in [-0.1, -0.05) is 36.4 Å². The number of halogens is 1. The molecule has 3 atom stereocenters. The Labute approximate surface area is 238 Å². The van der Waals surface area contributed by atoms with Gasteiger partial charge in [0.15, 0.2) is 5.82 Å². The van der Waals surface area contributed by atoms with Gasteiger partial charge in [-0.25, -0.2) is 4.39 Å². The van der Waals surface area contributed by atoms with Crippen molar-refractivity contribution >= 4 is 27.5 Å². The lowest BCUT2D eigenvalue weighted by molar-refractivity contribution is 0.111. The van der Waals surface area contributed by atoms with E-state index in [1.54, 1.807) is 13.3 Å². The van der Waals surface area contributed by atoms with Crippen LogP contribution in [0.3, 0.4) is 0 Å². The average molecular weight is 556 g/mol. The van der Waals surface area contributed by atoms with Crippen molar-refractivity contribution in [2.45, 2.75) is 38.0 Å². The van der Waals surface area contributed by atoms with Crippen LogP contribution < -0.4 is 15.0 Å². The molecule has 0 spiro atoms. The van der Waals surface area contributed by atoms with E-state index in [4.69, 9.17) is 14.5 Å². The highest BCUT2D eigenvalue weighted by Crippen LogP contribution is 2.36. The number of piperazine rings is 1. The Kier molecular flexibility index (Phi) is 7.67. The average Bonchev–Trinajstić information content (AvgIpc) is 3.36. The molecule has 4 heterocycles. The number of nitriles is 1. The molecule has 2 aliphatic heterocycles. The Hall–Kier alpha value is -3.91. The number of anilines is 1. The number of likely N-dealkylation sites (tertiary alicyclic amines) is 1. The van der Waals surface area contributed by atoms with E-state index in [0.29, 0.717) is 43.9 Å². The van der Waals surface area contributed by atoms with Crippen molar-refractivity contribution < 1.29 is 13.9 Å². The van der Waals surface area contributed by atoms with Gasteiger partial charge < -0.3 is 19.7 Å². The van der Waals surface area contributed by atoms with Crippen molar-refractivity contribution in [1.29, 1.82) is 5.26 Å². The topological polar surface area (TPSA) is 99.4 Å². The van der Waals surface area contributed by atoms with Crippen molar-refractivity contribution in [3.05, 3.63) is 54.0 Å². The Balaban J connectivity index is 1.44. The molecule has 2 aliphatic rings. The summed E-state index contributed by atoms with van der Waals surface area (Å²) in [5.74, 6) is 0.0592. The first-order chi connectivity index (χ1) is 20.0. The molecule has 0 saturated carbocycles. The summed E-state index contributed by atoms with van der Waals surface area (Å²) in [6, 6.07) is 14.4. The molecule has 2 aromatic carbocycles. The summed E-state index contributed by atoms with van der Waals surface area (Å²) >= 11 is 0. The van der Waals surface area contributed by atoms with Crippen LogP contribution in [0.25, 0.3) is 32.9 Å². The van der Waals surface area contributed by atoms with Crippen LogP contribution in [0.5, 0.6) is 6.01 Å². The predicted octanol–water partition coefficient (Wildman–Crippen LogP) is 4.08. The zero-order valence-corrected chi connectivity index (χ0v) is 23.6. The first-order valence-corrected chi connectivity index (χ1v) is 14.0. The number of hydrogen-bond donors (Lipinski definition) is 1. The van der Waals surface area contributed by atoms with Crippen LogP contribution in [-0.2, 0) is 4.74 Å². The molecular weight excluding hydrogens is 521 g/mol. The number of rotatable bonds is 7. The highest BCUT2D eigenvalue weighted by molar-refractivity contribution is 6.00. The Morgan fingerprint density at radius 1 is 1.17 bits per heavy atom. The highest BCUT2D eigenvalue weighted by Gasteiger charge is 2.31. The summed E-state index contributed by atoms with van der Waals surface area (Å²) in [5.41, 5.74) is 2.18. The van der Waals surface area contributed by atoms with Crippen LogP contribution in [0.1, 0.15) is 18.4 Å². The second-order valence-corrected chi connectivity index (χ2v) is 10.9. The van der Waals surface area contributed by atoms with Gasteiger partial charge >= 0.3 is 6.01 Å². The molecule has 212 valence electrons. The number of pyridine rings is 1. The normalized spacial score (nSPS) is 21.4. The van der Waals surface area contributed by atoms with Crippen molar-refractivity contribution in [3.63, 3.8) is 0 Å². The number of aryl methyl sites for hydroxylation is 1. The molecule has 0 amide bonds. The minimum absolute atomic E-state index is 0.0167. The molecule has 0 unspecified atom stereocenters. The molecule has 9 nitrogen and oxygen atoms in total. The molecule has 2 aromatic heterocycles. The van der Waals surface area contributed by atoms with Gasteiger partial charge in [-0.3, -0.25) is 9.88 Å². The number of nitrogens with one attached hydrogen (secondary N) is 1. The monoisotopic (exact) mass is 555 g/mol. The third-order valence-electron chi connectivity index (χ3n) is 8.29. The van der Waals surface area contributed by atoms with Gasteiger partial charge in [0.1, 0.15) is 23.6 Å². The van der Waals surface area contributed by atoms with Crippen LogP contribution in [0.4, 0.5) is 10.2 Å². The Bertz CT molecular complexity index is 1620. The van der Waals surface area contributed by atoms with E-state index < -0.39 is 5.82 Å². The molecule has 2 saturated heterocycles. The van der Waals surface area contributed by atoms with E-state index >= 15 is 4.39 Å². The molecular formula is C31H34FN7O2. The lowest BCUT2D eigenvalue weighted by Gasteiger charge is -2.34. The lowest BCUT2D eigenvalue weighted by atomic mass is 9.97. The third kappa shape index (κ3) is 5.28. The second kappa shape index (κ2) is 11.5. The number of hydrogen-bond acceptors (Lipinski definition) is 9. The molecule has 4 aromatic rings. The van der Waals surface area contributed by atoms with Crippen molar-refractivity contribution in [1.82, 2.24) is 25.2 Å². The van der Waals surface area contributed by atoms with E-state index in [1.165, 1.54) is 0 Å². The Morgan fingerprint density at radius 3 is 2.78 bits per heavy atom. The predicted molar refractivity (Wildman–Crippen MR) is 157 cm³/mol. The van der Waals surface area contributed by atoms with E-state index in [9.17, 15) is 5.26 Å². The number of likely N-dealkylation sites (N-methyl/N-ethyl adjacent to an activating group) is 1. The first kappa shape index (κ1) is 27.3. The fourth-order valence-corrected chi connectivity index (χ4v) is 6.07. The molecule has 41 heavy (non-hydrogen) atoms. The van der Waals surface area contributed by atoms with Crippen LogP contribution in [0, 0.1) is 24.1 Å². The Morgan fingerprint density at radius 2 is 2.00 bits per heavy atom. The molecule has 1 N–H and O–H groups in total. The number of ether oxygens (including phenoxy) is 2. The SMILES string of the molecule is CO[C@@H]1C[C@@H](COc2nc(N3CCN[C@@H](CC#N)C3)c3cnc(-c4cccc5cccc(C)c45)c(F)c3n2)N(C)C1. The van der Waals surface area contributed by atoms with Crippen LogP contribution >= 0.6 is 0 Å². The second-order valence-electron chi connectivity index (χ2n) is 10.9. The minimum Gasteiger partial charge on any atom is -0.462 e.